The molecule has 0 aromatic heterocycles. The summed E-state index contributed by atoms with van der Waals surface area (Å²) in [7, 11) is -1.55. The smallest absolute Gasteiger partial charge is 0.164 e. The number of hydrogen-bond donors (Lipinski definition) is 0. The minimum atomic E-state index is -3.17. The van der Waals surface area contributed by atoms with Gasteiger partial charge in [0.2, 0.25) is 0 Å². The van der Waals surface area contributed by atoms with E-state index in [0.717, 1.165) is 11.3 Å². The lowest BCUT2D eigenvalue weighted by molar-refractivity contribution is 0.414. The number of nitrogens with zero attached hydrogens (tertiary/aromatic N) is 2. The lowest BCUT2D eigenvalue weighted by Gasteiger charge is -2.27. The summed E-state index contributed by atoms with van der Waals surface area (Å²) in [5.74, 6) is 1.02. The van der Waals surface area contributed by atoms with Crippen molar-refractivity contribution in [2.24, 2.45) is 4.99 Å². The molecule has 0 saturated carbocycles. The second-order valence-corrected chi connectivity index (χ2v) is 10.7. The number of methoxy groups -OCH3 is 1. The van der Waals surface area contributed by atoms with E-state index in [4.69, 9.17) is 4.74 Å². The minimum Gasteiger partial charge on any atom is -0.497 e. The molecule has 148 valence electrons. The molecule has 4 rings (SSSR count). The molecule has 0 radical (unpaired) electrons. The summed E-state index contributed by atoms with van der Waals surface area (Å²) in [6.45, 7) is 0. The van der Waals surface area contributed by atoms with Crippen molar-refractivity contribution < 1.29 is 17.5 Å². The second kappa shape index (κ2) is 7.68. The highest BCUT2D eigenvalue weighted by Crippen LogP contribution is 2.37. The first kappa shape index (κ1) is 19.7. The molecule has 2 atom stereocenters. The van der Waals surface area contributed by atoms with E-state index in [9.17, 15) is 12.8 Å². The first-order chi connectivity index (χ1) is 13.4. The maximum absolute atomic E-state index is 14.7. The first-order valence-corrected chi connectivity index (χ1v) is 12.2. The van der Waals surface area contributed by atoms with Crippen molar-refractivity contribution in [1.29, 1.82) is 0 Å². The molecule has 0 spiro atoms. The standard InChI is InChI=1S/C19H18BrFN2O3S2/c1-26-14-5-2-12(3-6-14)9-27-19-22-16-10-28(24,25)11-18(16)23(19)17-7-4-13(20)8-15(17)21/h2-8,16,18H,9-11H2,1H3. The van der Waals surface area contributed by atoms with Crippen LogP contribution in [0.25, 0.3) is 0 Å². The van der Waals surface area contributed by atoms with Gasteiger partial charge in [-0.2, -0.15) is 0 Å². The fourth-order valence-corrected chi connectivity index (χ4v) is 6.71. The molecule has 9 heteroatoms. The molecule has 5 nitrogen and oxygen atoms in total. The van der Waals surface area contributed by atoms with Gasteiger partial charge in [-0.15, -0.1) is 0 Å². The average molecular weight is 485 g/mol. The van der Waals surface area contributed by atoms with Gasteiger partial charge in [0.25, 0.3) is 0 Å². The maximum atomic E-state index is 14.7. The zero-order valence-corrected chi connectivity index (χ0v) is 18.2. The van der Waals surface area contributed by atoms with Crippen molar-refractivity contribution >= 4 is 48.4 Å². The van der Waals surface area contributed by atoms with E-state index in [0.29, 0.717) is 21.1 Å². The zero-order chi connectivity index (χ0) is 19.9. The number of fused-ring (bicyclic) bond motifs is 1. The van der Waals surface area contributed by atoms with Gasteiger partial charge in [-0.25, -0.2) is 12.8 Å². The average Bonchev–Trinajstić information content (AvgIpc) is 3.12. The highest BCUT2D eigenvalue weighted by molar-refractivity contribution is 9.10. The number of halogens is 2. The van der Waals surface area contributed by atoms with Crippen LogP contribution in [-0.2, 0) is 15.6 Å². The molecular formula is C19H18BrFN2O3S2. The monoisotopic (exact) mass is 484 g/mol. The number of benzene rings is 2. The molecule has 2 aromatic rings. The second-order valence-electron chi connectivity index (χ2n) is 6.73. The predicted molar refractivity (Wildman–Crippen MR) is 115 cm³/mol. The number of hydrogen-bond acceptors (Lipinski definition) is 6. The third-order valence-electron chi connectivity index (χ3n) is 4.80. The van der Waals surface area contributed by atoms with E-state index in [1.54, 1.807) is 24.1 Å². The number of sulfone groups is 1. The van der Waals surface area contributed by atoms with Crippen LogP contribution in [0.3, 0.4) is 0 Å². The minimum absolute atomic E-state index is 0.0106. The van der Waals surface area contributed by atoms with Crippen molar-refractivity contribution in [3.63, 3.8) is 0 Å². The Kier molecular flexibility index (Phi) is 5.41. The number of aliphatic imine (C=N–C) groups is 1. The van der Waals surface area contributed by atoms with Crippen molar-refractivity contribution in [3.05, 3.63) is 58.3 Å². The normalized spacial score (nSPS) is 22.8. The first-order valence-electron chi connectivity index (χ1n) is 8.64. The highest BCUT2D eigenvalue weighted by Gasteiger charge is 2.47. The van der Waals surface area contributed by atoms with Gasteiger partial charge >= 0.3 is 0 Å². The fourth-order valence-electron chi connectivity index (χ4n) is 3.46. The third-order valence-corrected chi connectivity index (χ3v) is 8.03. The Morgan fingerprint density at radius 1 is 1.25 bits per heavy atom. The van der Waals surface area contributed by atoms with E-state index in [1.807, 2.05) is 24.3 Å². The Morgan fingerprint density at radius 2 is 2.00 bits per heavy atom. The van der Waals surface area contributed by atoms with E-state index >= 15 is 0 Å². The summed E-state index contributed by atoms with van der Waals surface area (Å²) < 4.78 is 44.7. The van der Waals surface area contributed by atoms with Gasteiger partial charge in [-0.1, -0.05) is 39.8 Å². The number of anilines is 1. The predicted octanol–water partition coefficient (Wildman–Crippen LogP) is 3.87. The van der Waals surface area contributed by atoms with Crippen LogP contribution in [0.2, 0.25) is 0 Å². The van der Waals surface area contributed by atoms with E-state index in [-0.39, 0.29) is 23.6 Å². The lowest BCUT2D eigenvalue weighted by Crippen LogP contribution is -2.39. The molecule has 0 N–H and O–H groups in total. The van der Waals surface area contributed by atoms with Crippen LogP contribution in [0, 0.1) is 5.82 Å². The van der Waals surface area contributed by atoms with Crippen LogP contribution in [0.4, 0.5) is 10.1 Å². The molecular weight excluding hydrogens is 467 g/mol. The highest BCUT2D eigenvalue weighted by atomic mass is 79.9. The van der Waals surface area contributed by atoms with Gasteiger partial charge in [-0.05, 0) is 35.9 Å². The third kappa shape index (κ3) is 3.92. The van der Waals surface area contributed by atoms with Crippen LogP contribution in [0.5, 0.6) is 5.75 Å². The van der Waals surface area contributed by atoms with Crippen molar-refractivity contribution in [3.8, 4) is 5.75 Å². The Hall–Kier alpha value is -1.58. The van der Waals surface area contributed by atoms with Gasteiger partial charge in [0.05, 0.1) is 36.4 Å². The summed E-state index contributed by atoms with van der Waals surface area (Å²) in [6, 6.07) is 11.8. The number of thioether (sulfide) groups is 1. The summed E-state index contributed by atoms with van der Waals surface area (Å²) in [4.78, 5) is 6.39. The lowest BCUT2D eigenvalue weighted by atomic mass is 10.1. The summed E-state index contributed by atoms with van der Waals surface area (Å²) >= 11 is 4.75. The van der Waals surface area contributed by atoms with Crippen molar-refractivity contribution in [2.45, 2.75) is 17.8 Å². The quantitative estimate of drug-likeness (QED) is 0.658. The van der Waals surface area contributed by atoms with Crippen LogP contribution in [0.15, 0.2) is 51.9 Å². The molecule has 0 amide bonds. The van der Waals surface area contributed by atoms with E-state index in [1.165, 1.54) is 17.8 Å². The summed E-state index contributed by atoms with van der Waals surface area (Å²) in [5, 5.41) is 0.655. The van der Waals surface area contributed by atoms with Gasteiger partial charge in [-0.3, -0.25) is 4.99 Å². The van der Waals surface area contributed by atoms with Crippen LogP contribution >= 0.6 is 27.7 Å². The number of ether oxygens (including phenoxy) is 1. The molecule has 2 aliphatic rings. The maximum Gasteiger partial charge on any atom is 0.164 e. The van der Waals surface area contributed by atoms with Gasteiger partial charge < -0.3 is 9.64 Å². The largest absolute Gasteiger partial charge is 0.497 e. The van der Waals surface area contributed by atoms with Gasteiger partial charge in [0.1, 0.15) is 11.6 Å². The van der Waals surface area contributed by atoms with Crippen molar-refractivity contribution in [1.82, 2.24) is 0 Å². The molecule has 2 heterocycles. The molecule has 0 aliphatic carbocycles. The molecule has 1 saturated heterocycles. The molecule has 2 unspecified atom stereocenters. The Bertz CT molecular complexity index is 1030. The topological polar surface area (TPSA) is 59.0 Å². The van der Waals surface area contributed by atoms with E-state index in [2.05, 4.69) is 20.9 Å². The van der Waals surface area contributed by atoms with Crippen LogP contribution < -0.4 is 9.64 Å². The van der Waals surface area contributed by atoms with Crippen molar-refractivity contribution in [2.75, 3.05) is 23.5 Å². The molecule has 2 aromatic carbocycles. The summed E-state index contributed by atoms with van der Waals surface area (Å²) in [5.41, 5.74) is 1.43. The molecule has 28 heavy (non-hydrogen) atoms. The summed E-state index contributed by atoms with van der Waals surface area (Å²) in [6.07, 6.45) is 0. The van der Waals surface area contributed by atoms with Crippen LogP contribution in [0.1, 0.15) is 5.56 Å². The SMILES string of the molecule is COc1ccc(CSC2=NC3CS(=O)(=O)CC3N2c2ccc(Br)cc2F)cc1. The zero-order valence-electron chi connectivity index (χ0n) is 15.0. The Labute approximate surface area is 176 Å². The Balaban J connectivity index is 1.61. The Morgan fingerprint density at radius 3 is 2.68 bits per heavy atom. The number of rotatable bonds is 4. The fraction of sp³-hybridized carbons (Fsp3) is 0.316. The number of amidine groups is 1. The molecule has 1 fully saturated rings. The molecule has 2 aliphatic heterocycles. The molecule has 0 bridgehead atoms. The van der Waals surface area contributed by atoms with Gasteiger partial charge in [0.15, 0.2) is 15.0 Å². The van der Waals surface area contributed by atoms with Crippen LogP contribution in [-0.4, -0.2) is 44.3 Å². The van der Waals surface area contributed by atoms with E-state index < -0.39 is 15.7 Å². The van der Waals surface area contributed by atoms with Gasteiger partial charge in [0, 0.05) is 10.2 Å².